The SMILES string of the molecule is Cc1cc(C(=O)N(C)CC(O)CN2CCCC2)c(/C=C2\C(=O)Nc3cccc(-c4cccc(F)c4)c32)[nH]1. The van der Waals surface area contributed by atoms with Crippen molar-refractivity contribution in [2.75, 3.05) is 38.5 Å². The molecule has 3 heterocycles. The van der Waals surface area contributed by atoms with Gasteiger partial charge in [-0.05, 0) is 74.3 Å². The van der Waals surface area contributed by atoms with E-state index in [4.69, 9.17) is 0 Å². The molecule has 3 aromatic rings. The Labute approximate surface area is 215 Å². The monoisotopic (exact) mass is 502 g/mol. The van der Waals surface area contributed by atoms with Gasteiger partial charge >= 0.3 is 0 Å². The van der Waals surface area contributed by atoms with Crippen molar-refractivity contribution < 1.29 is 19.1 Å². The number of hydrogen-bond donors (Lipinski definition) is 3. The van der Waals surface area contributed by atoms with E-state index in [2.05, 4.69) is 15.2 Å². The molecule has 5 rings (SSSR count). The van der Waals surface area contributed by atoms with Gasteiger partial charge in [-0.25, -0.2) is 4.39 Å². The molecule has 2 aliphatic rings. The number of H-pyrrole nitrogens is 1. The molecule has 1 atom stereocenters. The number of carbonyl (C=O) groups excluding carboxylic acids is 2. The maximum Gasteiger partial charge on any atom is 0.256 e. The predicted molar refractivity (Wildman–Crippen MR) is 143 cm³/mol. The predicted octanol–water partition coefficient (Wildman–Crippen LogP) is 4.15. The third-order valence-electron chi connectivity index (χ3n) is 6.96. The Bertz CT molecular complexity index is 1370. The van der Waals surface area contributed by atoms with Crippen LogP contribution in [0, 0.1) is 12.7 Å². The van der Waals surface area contributed by atoms with Crippen molar-refractivity contribution >= 4 is 29.2 Å². The first-order valence-electron chi connectivity index (χ1n) is 12.6. The highest BCUT2D eigenvalue weighted by Gasteiger charge is 2.29. The van der Waals surface area contributed by atoms with Gasteiger partial charge in [0.25, 0.3) is 11.8 Å². The molecule has 37 heavy (non-hydrogen) atoms. The number of nitrogens with zero attached hydrogens (tertiary/aromatic N) is 2. The standard InChI is InChI=1S/C29H31FN4O3/c1-18-13-23(29(37)33(2)16-21(35)17-34-11-3-4-12-34)26(31-18)15-24-27-22(19-7-5-8-20(30)14-19)9-6-10-25(27)32-28(24)36/h5-10,13-15,21,31,35H,3-4,11-12,16-17H2,1-2H3,(H,32,36)/b24-15-. The maximum absolute atomic E-state index is 14.0. The van der Waals surface area contributed by atoms with Crippen LogP contribution in [0.15, 0.2) is 48.5 Å². The molecule has 192 valence electrons. The van der Waals surface area contributed by atoms with Crippen LogP contribution in [0.4, 0.5) is 10.1 Å². The number of aliphatic hydroxyl groups is 1. The molecule has 1 aromatic heterocycles. The first-order chi connectivity index (χ1) is 17.8. The zero-order valence-electron chi connectivity index (χ0n) is 21.1. The number of fused-ring (bicyclic) bond motifs is 1. The molecule has 2 amide bonds. The average Bonchev–Trinajstić information content (AvgIpc) is 3.58. The number of aromatic amines is 1. The van der Waals surface area contributed by atoms with E-state index in [9.17, 15) is 19.1 Å². The van der Waals surface area contributed by atoms with E-state index in [0.717, 1.165) is 37.2 Å². The van der Waals surface area contributed by atoms with E-state index < -0.39 is 6.10 Å². The summed E-state index contributed by atoms with van der Waals surface area (Å²) < 4.78 is 14.0. The molecule has 3 N–H and O–H groups in total. The summed E-state index contributed by atoms with van der Waals surface area (Å²) in [6, 6.07) is 13.5. The number of halogens is 1. The lowest BCUT2D eigenvalue weighted by Gasteiger charge is -2.24. The number of amides is 2. The molecule has 1 unspecified atom stereocenters. The summed E-state index contributed by atoms with van der Waals surface area (Å²) >= 11 is 0. The van der Waals surface area contributed by atoms with Crippen molar-refractivity contribution in [2.45, 2.75) is 25.9 Å². The van der Waals surface area contributed by atoms with E-state index >= 15 is 0 Å². The molecule has 2 aliphatic heterocycles. The van der Waals surface area contributed by atoms with Gasteiger partial charge in [0, 0.05) is 37.1 Å². The largest absolute Gasteiger partial charge is 0.390 e. The topological polar surface area (TPSA) is 88.7 Å². The first-order valence-corrected chi connectivity index (χ1v) is 12.6. The van der Waals surface area contributed by atoms with Crippen molar-refractivity contribution in [2.24, 2.45) is 0 Å². The van der Waals surface area contributed by atoms with Gasteiger partial charge in [0.2, 0.25) is 0 Å². The summed E-state index contributed by atoms with van der Waals surface area (Å²) in [6.45, 7) is 4.56. The van der Waals surface area contributed by atoms with Crippen LogP contribution in [0.1, 0.15) is 40.2 Å². The summed E-state index contributed by atoms with van der Waals surface area (Å²) in [6.07, 6.45) is 3.31. The zero-order valence-corrected chi connectivity index (χ0v) is 21.1. The molecular weight excluding hydrogens is 471 g/mol. The Morgan fingerprint density at radius 1 is 1.19 bits per heavy atom. The van der Waals surface area contributed by atoms with Crippen LogP contribution in [0.2, 0.25) is 0 Å². The number of hydrogen-bond acceptors (Lipinski definition) is 4. The molecule has 0 aliphatic carbocycles. The fraction of sp³-hybridized carbons (Fsp3) is 0.310. The molecule has 8 heteroatoms. The number of anilines is 1. The van der Waals surface area contributed by atoms with Crippen LogP contribution in [0.25, 0.3) is 22.8 Å². The number of likely N-dealkylation sites (tertiary alicyclic amines) is 1. The van der Waals surface area contributed by atoms with Crippen LogP contribution in [-0.2, 0) is 4.79 Å². The van der Waals surface area contributed by atoms with Crippen molar-refractivity contribution in [1.82, 2.24) is 14.8 Å². The minimum atomic E-state index is -0.643. The Hall–Kier alpha value is -3.75. The van der Waals surface area contributed by atoms with Crippen LogP contribution in [0.5, 0.6) is 0 Å². The van der Waals surface area contributed by atoms with E-state index in [-0.39, 0.29) is 24.2 Å². The van der Waals surface area contributed by atoms with Crippen LogP contribution < -0.4 is 5.32 Å². The minimum absolute atomic E-state index is 0.211. The summed E-state index contributed by atoms with van der Waals surface area (Å²) in [5.41, 5.74) is 4.78. The second-order valence-corrected chi connectivity index (χ2v) is 9.88. The van der Waals surface area contributed by atoms with Crippen molar-refractivity contribution in [1.29, 1.82) is 0 Å². The third-order valence-corrected chi connectivity index (χ3v) is 6.96. The number of aryl methyl sites for hydroxylation is 1. The Kier molecular flexibility index (Phi) is 6.95. The van der Waals surface area contributed by atoms with E-state index in [1.807, 2.05) is 19.1 Å². The fourth-order valence-corrected chi connectivity index (χ4v) is 5.25. The fourth-order valence-electron chi connectivity index (χ4n) is 5.25. The van der Waals surface area contributed by atoms with E-state index in [1.165, 1.54) is 17.0 Å². The summed E-state index contributed by atoms with van der Waals surface area (Å²) in [7, 11) is 1.68. The quantitative estimate of drug-likeness (QED) is 0.424. The molecule has 7 nitrogen and oxygen atoms in total. The lowest BCUT2D eigenvalue weighted by Crippen LogP contribution is -2.40. The summed E-state index contributed by atoms with van der Waals surface area (Å²) in [4.78, 5) is 33.3. The van der Waals surface area contributed by atoms with Gasteiger partial charge in [0.05, 0.1) is 22.9 Å². The lowest BCUT2D eigenvalue weighted by atomic mass is 9.94. The molecule has 0 spiro atoms. The van der Waals surface area contributed by atoms with Gasteiger partial charge in [-0.15, -0.1) is 0 Å². The van der Waals surface area contributed by atoms with Gasteiger partial charge in [0.1, 0.15) is 5.82 Å². The molecule has 0 radical (unpaired) electrons. The van der Waals surface area contributed by atoms with Crippen LogP contribution in [0.3, 0.4) is 0 Å². The number of carbonyl (C=O) groups is 2. The number of rotatable bonds is 7. The van der Waals surface area contributed by atoms with Crippen LogP contribution in [-0.4, -0.2) is 71.0 Å². The molecule has 0 bridgehead atoms. The molecule has 0 saturated carbocycles. The highest BCUT2D eigenvalue weighted by molar-refractivity contribution is 6.36. The lowest BCUT2D eigenvalue weighted by molar-refractivity contribution is -0.110. The number of aliphatic hydroxyl groups excluding tert-OH is 1. The van der Waals surface area contributed by atoms with Gasteiger partial charge in [-0.1, -0.05) is 24.3 Å². The average molecular weight is 503 g/mol. The van der Waals surface area contributed by atoms with Crippen LogP contribution >= 0.6 is 0 Å². The summed E-state index contributed by atoms with van der Waals surface area (Å²) in [5, 5.41) is 13.4. The van der Waals surface area contributed by atoms with Crippen molar-refractivity contribution in [3.63, 3.8) is 0 Å². The number of likely N-dealkylation sites (N-methyl/N-ethyl adjacent to an activating group) is 1. The first kappa shape index (κ1) is 24.9. The zero-order chi connectivity index (χ0) is 26.1. The molecule has 1 fully saturated rings. The number of nitrogens with one attached hydrogen (secondary N) is 2. The third kappa shape index (κ3) is 5.21. The minimum Gasteiger partial charge on any atom is -0.390 e. The van der Waals surface area contributed by atoms with Crippen molar-refractivity contribution in [3.8, 4) is 11.1 Å². The maximum atomic E-state index is 14.0. The normalized spacial score (nSPS) is 17.2. The second kappa shape index (κ2) is 10.3. The highest BCUT2D eigenvalue weighted by Crippen LogP contribution is 2.40. The van der Waals surface area contributed by atoms with Gasteiger partial charge in [0.15, 0.2) is 0 Å². The Morgan fingerprint density at radius 3 is 2.70 bits per heavy atom. The van der Waals surface area contributed by atoms with Gasteiger partial charge in [-0.2, -0.15) is 0 Å². The summed E-state index contributed by atoms with van der Waals surface area (Å²) in [5.74, 6) is -0.895. The number of aromatic nitrogens is 1. The number of β-amino-alcohol motifs (C(OH)–C–C–N with tert-alkyl or cyclic N) is 1. The smallest absolute Gasteiger partial charge is 0.256 e. The molecule has 1 saturated heterocycles. The Balaban J connectivity index is 1.45. The highest BCUT2D eigenvalue weighted by atomic mass is 19.1. The molecule has 2 aromatic carbocycles. The van der Waals surface area contributed by atoms with Gasteiger partial charge in [-0.3, -0.25) is 9.59 Å². The second-order valence-electron chi connectivity index (χ2n) is 9.88. The van der Waals surface area contributed by atoms with E-state index in [0.29, 0.717) is 40.2 Å². The van der Waals surface area contributed by atoms with Crippen molar-refractivity contribution in [3.05, 3.63) is 76.9 Å². The molecular formula is C29H31FN4O3. The Morgan fingerprint density at radius 2 is 1.95 bits per heavy atom. The van der Waals surface area contributed by atoms with Gasteiger partial charge < -0.3 is 25.2 Å². The number of benzene rings is 2. The van der Waals surface area contributed by atoms with E-state index in [1.54, 1.807) is 37.4 Å².